The lowest BCUT2D eigenvalue weighted by atomic mass is 10.2. The van der Waals surface area contributed by atoms with Crippen LogP contribution in [-0.2, 0) is 20.9 Å². The van der Waals surface area contributed by atoms with Gasteiger partial charge in [-0.2, -0.15) is 0 Å². The summed E-state index contributed by atoms with van der Waals surface area (Å²) in [5.74, 6) is -0.637. The first-order chi connectivity index (χ1) is 12.5. The molecule has 0 atom stereocenters. The number of nitrogens with one attached hydrogen (secondary N) is 1. The van der Waals surface area contributed by atoms with Gasteiger partial charge in [0.15, 0.2) is 0 Å². The molecule has 2 amide bonds. The molecule has 0 saturated carbocycles. The number of carbonyl (C=O) groups is 2. The molecule has 1 N–H and O–H groups in total. The van der Waals surface area contributed by atoms with Crippen LogP contribution in [0.1, 0.15) is 12.5 Å². The van der Waals surface area contributed by atoms with Crippen LogP contribution in [0.3, 0.4) is 0 Å². The van der Waals surface area contributed by atoms with Crippen molar-refractivity contribution in [3.63, 3.8) is 0 Å². The lowest BCUT2D eigenvalue weighted by Gasteiger charge is -2.20. The smallest absolute Gasteiger partial charge is 0.249 e. The van der Waals surface area contributed by atoms with Crippen LogP contribution in [0.2, 0.25) is 10.0 Å². The van der Waals surface area contributed by atoms with Crippen LogP contribution in [0.15, 0.2) is 48.5 Å². The Bertz CT molecular complexity index is 733. The molecule has 0 aromatic heterocycles. The van der Waals surface area contributed by atoms with Crippen LogP contribution in [0.25, 0.3) is 0 Å². The van der Waals surface area contributed by atoms with Crippen LogP contribution >= 0.6 is 23.2 Å². The number of para-hydroxylation sites is 1. The third-order valence-electron chi connectivity index (χ3n) is 3.63. The maximum atomic E-state index is 12.3. The van der Waals surface area contributed by atoms with E-state index in [1.807, 2.05) is 30.3 Å². The predicted molar refractivity (Wildman–Crippen MR) is 103 cm³/mol. The van der Waals surface area contributed by atoms with Crippen molar-refractivity contribution in [3.8, 4) is 0 Å². The van der Waals surface area contributed by atoms with Gasteiger partial charge in [-0.1, -0.05) is 59.6 Å². The highest BCUT2D eigenvalue weighted by Gasteiger charge is 2.17. The quantitative estimate of drug-likeness (QED) is 0.735. The number of anilines is 1. The summed E-state index contributed by atoms with van der Waals surface area (Å²) >= 11 is 12.1. The van der Waals surface area contributed by atoms with Crippen molar-refractivity contribution in [1.29, 1.82) is 0 Å². The summed E-state index contributed by atoms with van der Waals surface area (Å²) in [4.78, 5) is 25.9. The van der Waals surface area contributed by atoms with Gasteiger partial charge in [0, 0.05) is 6.54 Å². The number of ether oxygens (including phenoxy) is 1. The van der Waals surface area contributed by atoms with Crippen molar-refractivity contribution in [1.82, 2.24) is 4.90 Å². The number of likely N-dealkylation sites (N-methyl/N-ethyl adjacent to an activating group) is 1. The number of amides is 2. The normalized spacial score (nSPS) is 10.4. The minimum absolute atomic E-state index is 0.0944. The molecule has 0 aliphatic carbocycles. The van der Waals surface area contributed by atoms with Crippen molar-refractivity contribution in [2.45, 2.75) is 13.5 Å². The number of hydrogen-bond donors (Lipinski definition) is 1. The SMILES string of the molecule is CCN(CC(=O)Nc1c(Cl)cccc1Cl)C(=O)COCc1ccccc1. The summed E-state index contributed by atoms with van der Waals surface area (Å²) in [5.41, 5.74) is 1.32. The van der Waals surface area contributed by atoms with Gasteiger partial charge in [-0.15, -0.1) is 0 Å². The molecule has 5 nitrogen and oxygen atoms in total. The van der Waals surface area contributed by atoms with Gasteiger partial charge in [-0.25, -0.2) is 0 Å². The zero-order chi connectivity index (χ0) is 18.9. The van der Waals surface area contributed by atoms with E-state index >= 15 is 0 Å². The van der Waals surface area contributed by atoms with E-state index in [1.165, 1.54) is 4.90 Å². The van der Waals surface area contributed by atoms with Crippen LogP contribution in [0, 0.1) is 0 Å². The molecule has 0 unspecified atom stereocenters. The maximum Gasteiger partial charge on any atom is 0.249 e. The van der Waals surface area contributed by atoms with Crippen molar-refractivity contribution < 1.29 is 14.3 Å². The van der Waals surface area contributed by atoms with Crippen molar-refractivity contribution in [2.24, 2.45) is 0 Å². The van der Waals surface area contributed by atoms with E-state index < -0.39 is 0 Å². The number of rotatable bonds is 8. The molecule has 2 rings (SSSR count). The monoisotopic (exact) mass is 394 g/mol. The summed E-state index contributed by atoms with van der Waals surface area (Å²) in [5, 5.41) is 3.32. The standard InChI is InChI=1S/C19H20Cl2N2O3/c1-2-23(18(25)13-26-12-14-7-4-3-5-8-14)11-17(24)22-19-15(20)9-6-10-16(19)21/h3-10H,2,11-13H2,1H3,(H,22,24). The molecule has 0 bridgehead atoms. The summed E-state index contributed by atoms with van der Waals surface area (Å²) in [6.07, 6.45) is 0. The molecule has 138 valence electrons. The Morgan fingerprint density at radius 3 is 2.31 bits per heavy atom. The van der Waals surface area contributed by atoms with Crippen LogP contribution in [-0.4, -0.2) is 36.4 Å². The predicted octanol–water partition coefficient (Wildman–Crippen LogP) is 4.00. The van der Waals surface area contributed by atoms with E-state index in [0.717, 1.165) is 5.56 Å². The van der Waals surface area contributed by atoms with E-state index in [4.69, 9.17) is 27.9 Å². The van der Waals surface area contributed by atoms with E-state index in [0.29, 0.717) is 28.9 Å². The number of halogens is 2. The highest BCUT2D eigenvalue weighted by atomic mass is 35.5. The topological polar surface area (TPSA) is 58.6 Å². The first kappa shape index (κ1) is 20.2. The lowest BCUT2D eigenvalue weighted by molar-refractivity contribution is -0.139. The molecule has 0 radical (unpaired) electrons. The van der Waals surface area contributed by atoms with Crippen molar-refractivity contribution >= 4 is 40.7 Å². The van der Waals surface area contributed by atoms with Gasteiger partial charge in [0.1, 0.15) is 6.61 Å². The average Bonchev–Trinajstić information content (AvgIpc) is 2.63. The zero-order valence-corrected chi connectivity index (χ0v) is 15.9. The van der Waals surface area contributed by atoms with E-state index in [2.05, 4.69) is 5.32 Å². The maximum absolute atomic E-state index is 12.3. The average molecular weight is 395 g/mol. The fraction of sp³-hybridized carbons (Fsp3) is 0.263. The summed E-state index contributed by atoms with van der Waals surface area (Å²) in [6.45, 7) is 2.32. The molecule has 0 fully saturated rings. The Balaban J connectivity index is 1.85. The number of hydrogen-bond acceptors (Lipinski definition) is 3. The summed E-state index contributed by atoms with van der Waals surface area (Å²) in [6, 6.07) is 14.5. The van der Waals surface area contributed by atoms with Gasteiger partial charge < -0.3 is 15.0 Å². The fourth-order valence-electron chi connectivity index (χ4n) is 2.27. The van der Waals surface area contributed by atoms with Gasteiger partial charge in [0.2, 0.25) is 11.8 Å². The fourth-order valence-corrected chi connectivity index (χ4v) is 2.76. The second-order valence-corrected chi connectivity index (χ2v) is 6.35. The molecular weight excluding hydrogens is 375 g/mol. The Kier molecular flexibility index (Phi) is 7.91. The molecule has 0 saturated heterocycles. The number of nitrogens with zero attached hydrogens (tertiary/aromatic N) is 1. The molecule has 0 aliphatic rings. The molecule has 2 aromatic carbocycles. The van der Waals surface area contributed by atoms with Gasteiger partial charge in [0.25, 0.3) is 0 Å². The first-order valence-corrected chi connectivity index (χ1v) is 8.90. The van der Waals surface area contributed by atoms with Gasteiger partial charge in [-0.3, -0.25) is 9.59 Å². The van der Waals surface area contributed by atoms with E-state index in [-0.39, 0.29) is 25.0 Å². The third kappa shape index (κ3) is 6.02. The van der Waals surface area contributed by atoms with E-state index in [9.17, 15) is 9.59 Å². The molecule has 0 aliphatic heterocycles. The van der Waals surface area contributed by atoms with Gasteiger partial charge >= 0.3 is 0 Å². The van der Waals surface area contributed by atoms with Gasteiger partial charge in [-0.05, 0) is 24.6 Å². The van der Waals surface area contributed by atoms with Crippen molar-refractivity contribution in [2.75, 3.05) is 25.0 Å². The molecule has 7 heteroatoms. The second kappa shape index (κ2) is 10.2. The van der Waals surface area contributed by atoms with Crippen LogP contribution in [0.4, 0.5) is 5.69 Å². The van der Waals surface area contributed by atoms with E-state index in [1.54, 1.807) is 25.1 Å². The molecule has 2 aromatic rings. The number of carbonyl (C=O) groups excluding carboxylic acids is 2. The Labute approximate surface area is 162 Å². The minimum Gasteiger partial charge on any atom is -0.367 e. The molecule has 26 heavy (non-hydrogen) atoms. The van der Waals surface area contributed by atoms with Crippen LogP contribution in [0.5, 0.6) is 0 Å². The first-order valence-electron chi connectivity index (χ1n) is 8.14. The third-order valence-corrected chi connectivity index (χ3v) is 4.26. The largest absolute Gasteiger partial charge is 0.367 e. The van der Waals surface area contributed by atoms with Gasteiger partial charge in [0.05, 0.1) is 28.9 Å². The van der Waals surface area contributed by atoms with Crippen LogP contribution < -0.4 is 5.32 Å². The molecule has 0 spiro atoms. The summed E-state index contributed by atoms with van der Waals surface area (Å²) < 4.78 is 5.44. The Morgan fingerprint density at radius 1 is 1.04 bits per heavy atom. The second-order valence-electron chi connectivity index (χ2n) is 5.53. The molecule has 0 heterocycles. The molecular formula is C19H20Cl2N2O3. The number of benzene rings is 2. The summed E-state index contributed by atoms with van der Waals surface area (Å²) in [7, 11) is 0. The lowest BCUT2D eigenvalue weighted by Crippen LogP contribution is -2.39. The Morgan fingerprint density at radius 2 is 1.69 bits per heavy atom. The highest BCUT2D eigenvalue weighted by molar-refractivity contribution is 6.39. The Hall–Kier alpha value is -2.08. The zero-order valence-electron chi connectivity index (χ0n) is 14.4. The highest BCUT2D eigenvalue weighted by Crippen LogP contribution is 2.29. The minimum atomic E-state index is -0.377. The van der Waals surface area contributed by atoms with Crippen molar-refractivity contribution in [3.05, 3.63) is 64.1 Å².